The first-order valence-electron chi connectivity index (χ1n) is 19.8. The molecule has 1 aliphatic carbocycles. The Morgan fingerprint density at radius 3 is 1.71 bits per heavy atom. The topological polar surface area (TPSA) is 38.9 Å². The van der Waals surface area contributed by atoms with Gasteiger partial charge in [0.15, 0.2) is 5.58 Å². The van der Waals surface area contributed by atoms with Crippen molar-refractivity contribution in [3.05, 3.63) is 229 Å². The highest BCUT2D eigenvalue weighted by Crippen LogP contribution is 2.57. The third-order valence-corrected chi connectivity index (χ3v) is 12.1. The molecule has 1 aliphatic rings. The van der Waals surface area contributed by atoms with Crippen LogP contribution in [0.3, 0.4) is 0 Å². The second-order valence-corrected chi connectivity index (χ2v) is 15.3. The minimum absolute atomic E-state index is 0.517. The lowest BCUT2D eigenvalue weighted by Gasteiger charge is -2.34. The van der Waals surface area contributed by atoms with Crippen LogP contribution in [0.5, 0.6) is 0 Å². The van der Waals surface area contributed by atoms with Crippen LogP contribution < -0.4 is 0 Å². The maximum atomic E-state index is 6.53. The van der Waals surface area contributed by atoms with Crippen LogP contribution in [-0.2, 0) is 5.41 Å². The standard InChI is InChI=1S/C55H34N2O/c1-4-13-37(14-5-1)54-57-51-30-28-36-25-23-35-24-26-40(32-45(35)52(36)53(51)58-54)49-21-12-22-50(56-49)41-27-29-44-46-31-38-15-10-11-16-39(38)33-48(46)55(47(44)34-41,42-17-6-2-7-18-42)43-19-8-3-9-20-43/h1-34H. The summed E-state index contributed by atoms with van der Waals surface area (Å²) >= 11 is 0. The van der Waals surface area contributed by atoms with Crippen molar-refractivity contribution >= 4 is 43.4 Å². The summed E-state index contributed by atoms with van der Waals surface area (Å²) in [6.45, 7) is 0. The summed E-state index contributed by atoms with van der Waals surface area (Å²) in [5.41, 5.74) is 13.6. The fourth-order valence-corrected chi connectivity index (χ4v) is 9.47. The fraction of sp³-hybridized carbons (Fsp3) is 0.0182. The molecule has 0 spiro atoms. The van der Waals surface area contributed by atoms with Gasteiger partial charge in [0.1, 0.15) is 5.52 Å². The number of aromatic nitrogens is 2. The van der Waals surface area contributed by atoms with E-state index in [9.17, 15) is 0 Å². The summed E-state index contributed by atoms with van der Waals surface area (Å²) in [6, 6.07) is 74.1. The first-order chi connectivity index (χ1) is 28.7. The molecule has 270 valence electrons. The minimum atomic E-state index is -0.517. The predicted octanol–water partition coefficient (Wildman–Crippen LogP) is 14.0. The van der Waals surface area contributed by atoms with Gasteiger partial charge < -0.3 is 4.42 Å². The van der Waals surface area contributed by atoms with E-state index >= 15 is 0 Å². The quantitative estimate of drug-likeness (QED) is 0.165. The van der Waals surface area contributed by atoms with Gasteiger partial charge >= 0.3 is 0 Å². The molecule has 0 N–H and O–H groups in total. The van der Waals surface area contributed by atoms with Gasteiger partial charge in [-0.15, -0.1) is 0 Å². The molecule has 0 radical (unpaired) electrons. The number of hydrogen-bond donors (Lipinski definition) is 0. The summed E-state index contributed by atoms with van der Waals surface area (Å²) in [4.78, 5) is 10.3. The van der Waals surface area contributed by atoms with Crippen molar-refractivity contribution in [1.29, 1.82) is 0 Å². The summed E-state index contributed by atoms with van der Waals surface area (Å²) in [5, 5.41) is 6.91. The zero-order valence-corrected chi connectivity index (χ0v) is 31.4. The molecule has 11 aromatic rings. The lowest BCUT2D eigenvalue weighted by molar-refractivity contribution is 0.623. The molecule has 2 heterocycles. The van der Waals surface area contributed by atoms with Gasteiger partial charge in [-0.2, -0.15) is 0 Å². The Morgan fingerprint density at radius 1 is 0.379 bits per heavy atom. The van der Waals surface area contributed by atoms with Crippen LogP contribution >= 0.6 is 0 Å². The van der Waals surface area contributed by atoms with Crippen LogP contribution in [-0.4, -0.2) is 9.97 Å². The summed E-state index contributed by atoms with van der Waals surface area (Å²) in [7, 11) is 0. The largest absolute Gasteiger partial charge is 0.435 e. The number of fused-ring (bicyclic) bond motifs is 9. The van der Waals surface area contributed by atoms with Gasteiger partial charge in [-0.25, -0.2) is 9.97 Å². The van der Waals surface area contributed by atoms with E-state index in [2.05, 4.69) is 176 Å². The molecule has 0 unspecified atom stereocenters. The Balaban J connectivity index is 1.03. The second-order valence-electron chi connectivity index (χ2n) is 15.3. The minimum Gasteiger partial charge on any atom is -0.435 e. The van der Waals surface area contributed by atoms with Crippen molar-refractivity contribution in [3.63, 3.8) is 0 Å². The van der Waals surface area contributed by atoms with Gasteiger partial charge in [0, 0.05) is 22.1 Å². The second kappa shape index (κ2) is 12.7. The molecule has 0 bridgehead atoms. The molecule has 0 aliphatic heterocycles. The third kappa shape index (κ3) is 4.87. The Kier molecular flexibility index (Phi) is 7.14. The van der Waals surface area contributed by atoms with E-state index in [1.165, 1.54) is 44.2 Å². The molecule has 58 heavy (non-hydrogen) atoms. The summed E-state index contributed by atoms with van der Waals surface area (Å²) in [5.74, 6) is 0.625. The molecule has 3 heteroatoms. The van der Waals surface area contributed by atoms with E-state index in [1.807, 2.05) is 30.3 Å². The molecule has 0 saturated heterocycles. The maximum absolute atomic E-state index is 6.53. The number of rotatable bonds is 5. The van der Waals surface area contributed by atoms with Gasteiger partial charge in [-0.1, -0.05) is 152 Å². The van der Waals surface area contributed by atoms with Crippen molar-refractivity contribution in [2.24, 2.45) is 0 Å². The van der Waals surface area contributed by atoms with Gasteiger partial charge in [0.05, 0.1) is 16.8 Å². The van der Waals surface area contributed by atoms with Crippen molar-refractivity contribution in [1.82, 2.24) is 9.97 Å². The van der Waals surface area contributed by atoms with Crippen molar-refractivity contribution in [3.8, 4) is 45.1 Å². The molecule has 2 aromatic heterocycles. The molecular formula is C55H34N2O. The number of hydrogen-bond acceptors (Lipinski definition) is 3. The van der Waals surface area contributed by atoms with E-state index in [1.54, 1.807) is 0 Å². The van der Waals surface area contributed by atoms with Gasteiger partial charge in [0.25, 0.3) is 0 Å². The average molecular weight is 739 g/mol. The normalized spacial score (nSPS) is 13.0. The molecule has 12 rings (SSSR count). The van der Waals surface area contributed by atoms with Gasteiger partial charge in [-0.05, 0) is 115 Å². The maximum Gasteiger partial charge on any atom is 0.227 e. The Hall–Kier alpha value is -7.62. The molecule has 0 amide bonds. The molecule has 0 atom stereocenters. The summed E-state index contributed by atoms with van der Waals surface area (Å²) < 4.78 is 6.53. The van der Waals surface area contributed by atoms with E-state index in [-0.39, 0.29) is 0 Å². The van der Waals surface area contributed by atoms with Crippen LogP contribution in [0.25, 0.3) is 88.5 Å². The van der Waals surface area contributed by atoms with Crippen LogP contribution in [0.15, 0.2) is 211 Å². The Morgan fingerprint density at radius 2 is 0.966 bits per heavy atom. The Labute approximate surface area is 335 Å². The molecule has 0 fully saturated rings. The van der Waals surface area contributed by atoms with Crippen LogP contribution in [0.1, 0.15) is 22.3 Å². The fourth-order valence-electron chi connectivity index (χ4n) is 9.47. The van der Waals surface area contributed by atoms with E-state index in [0.29, 0.717) is 5.89 Å². The number of pyridine rings is 1. The van der Waals surface area contributed by atoms with Crippen LogP contribution in [0.2, 0.25) is 0 Å². The first-order valence-corrected chi connectivity index (χ1v) is 19.8. The van der Waals surface area contributed by atoms with E-state index in [0.717, 1.165) is 60.7 Å². The smallest absolute Gasteiger partial charge is 0.227 e. The van der Waals surface area contributed by atoms with Crippen LogP contribution in [0, 0.1) is 0 Å². The van der Waals surface area contributed by atoms with Gasteiger partial charge in [-0.3, -0.25) is 0 Å². The van der Waals surface area contributed by atoms with Crippen molar-refractivity contribution < 1.29 is 4.42 Å². The highest BCUT2D eigenvalue weighted by Gasteiger charge is 2.46. The van der Waals surface area contributed by atoms with Crippen LogP contribution in [0.4, 0.5) is 0 Å². The molecule has 9 aromatic carbocycles. The molecule has 3 nitrogen and oxygen atoms in total. The van der Waals surface area contributed by atoms with Crippen molar-refractivity contribution in [2.45, 2.75) is 5.41 Å². The SMILES string of the molecule is c1ccc(-c2nc3ccc4ccc5ccc(-c6cccc(-c7ccc8c(c7)C(c7ccccc7)(c7ccccc7)c7cc9ccccc9cc7-8)n6)cc5c4c3o2)cc1. The lowest BCUT2D eigenvalue weighted by Crippen LogP contribution is -2.28. The highest BCUT2D eigenvalue weighted by atomic mass is 16.3. The first kappa shape index (κ1) is 32.6. The highest BCUT2D eigenvalue weighted by molar-refractivity contribution is 6.18. The number of nitrogens with zero attached hydrogens (tertiary/aromatic N) is 2. The molecular weight excluding hydrogens is 705 g/mol. The summed E-state index contributed by atoms with van der Waals surface area (Å²) in [6.07, 6.45) is 0. The average Bonchev–Trinajstić information content (AvgIpc) is 3.86. The van der Waals surface area contributed by atoms with Crippen molar-refractivity contribution in [2.75, 3.05) is 0 Å². The molecule has 0 saturated carbocycles. The zero-order valence-electron chi connectivity index (χ0n) is 31.4. The Bertz CT molecular complexity index is 3350. The van der Waals surface area contributed by atoms with Gasteiger partial charge in [0.2, 0.25) is 5.89 Å². The number of benzene rings is 9. The zero-order chi connectivity index (χ0) is 38.2. The number of oxazole rings is 1. The van der Waals surface area contributed by atoms with E-state index in [4.69, 9.17) is 14.4 Å². The lowest BCUT2D eigenvalue weighted by atomic mass is 9.67. The monoisotopic (exact) mass is 738 g/mol. The predicted molar refractivity (Wildman–Crippen MR) is 238 cm³/mol. The van der Waals surface area contributed by atoms with E-state index < -0.39 is 5.41 Å². The third-order valence-electron chi connectivity index (χ3n) is 12.1.